The van der Waals surface area contributed by atoms with Gasteiger partial charge in [0.15, 0.2) is 0 Å². The molecule has 0 fully saturated rings. The Kier molecular flexibility index (Phi) is 6.74. The SMILES string of the molecule is CCC(C)OP(=O)(OC(C)CC)C(C)C. The van der Waals surface area contributed by atoms with Gasteiger partial charge in [0.05, 0.1) is 17.9 Å². The molecule has 0 radical (unpaired) electrons. The molecule has 0 heterocycles. The van der Waals surface area contributed by atoms with Gasteiger partial charge in [-0.2, -0.15) is 0 Å². The standard InChI is InChI=1S/C11H25O3P/c1-7-10(5)13-15(12,9(3)4)14-11(6)8-2/h9-11H,7-8H2,1-6H3. The Morgan fingerprint density at radius 2 is 1.27 bits per heavy atom. The number of hydrogen-bond donors (Lipinski definition) is 0. The highest BCUT2D eigenvalue weighted by Crippen LogP contribution is 2.55. The van der Waals surface area contributed by atoms with E-state index in [0.717, 1.165) is 12.8 Å². The Labute approximate surface area is 94.1 Å². The molecule has 0 aromatic rings. The Balaban J connectivity index is 4.53. The molecule has 0 rings (SSSR count). The van der Waals surface area contributed by atoms with Crippen molar-refractivity contribution in [3.63, 3.8) is 0 Å². The first kappa shape index (κ1) is 15.2. The third kappa shape index (κ3) is 5.14. The van der Waals surface area contributed by atoms with Crippen molar-refractivity contribution in [3.8, 4) is 0 Å². The lowest BCUT2D eigenvalue weighted by atomic mass is 10.3. The van der Waals surface area contributed by atoms with E-state index in [0.29, 0.717) is 0 Å². The van der Waals surface area contributed by atoms with E-state index < -0.39 is 7.60 Å². The van der Waals surface area contributed by atoms with E-state index >= 15 is 0 Å². The van der Waals surface area contributed by atoms with Crippen LogP contribution < -0.4 is 0 Å². The van der Waals surface area contributed by atoms with Crippen molar-refractivity contribution in [2.45, 2.75) is 72.3 Å². The van der Waals surface area contributed by atoms with Crippen LogP contribution in [0, 0.1) is 0 Å². The summed E-state index contributed by atoms with van der Waals surface area (Å²) in [6.45, 7) is 11.6. The molecule has 0 saturated heterocycles. The van der Waals surface area contributed by atoms with Gasteiger partial charge >= 0.3 is 7.60 Å². The van der Waals surface area contributed by atoms with Gasteiger partial charge in [0.25, 0.3) is 0 Å². The summed E-state index contributed by atoms with van der Waals surface area (Å²) in [5.41, 5.74) is -0.0829. The third-order valence-corrected chi connectivity index (χ3v) is 5.01. The van der Waals surface area contributed by atoms with E-state index in [2.05, 4.69) is 0 Å². The molecule has 0 aliphatic carbocycles. The van der Waals surface area contributed by atoms with Crippen molar-refractivity contribution in [1.29, 1.82) is 0 Å². The minimum absolute atomic E-state index is 0.0118. The van der Waals surface area contributed by atoms with Crippen LogP contribution in [-0.2, 0) is 13.6 Å². The zero-order valence-corrected chi connectivity index (χ0v) is 11.7. The molecule has 15 heavy (non-hydrogen) atoms. The first-order valence-corrected chi connectivity index (χ1v) is 7.43. The van der Waals surface area contributed by atoms with Crippen LogP contribution in [0.5, 0.6) is 0 Å². The van der Waals surface area contributed by atoms with Crippen LogP contribution in [0.25, 0.3) is 0 Å². The van der Waals surface area contributed by atoms with Crippen molar-refractivity contribution in [3.05, 3.63) is 0 Å². The van der Waals surface area contributed by atoms with Crippen molar-refractivity contribution in [2.75, 3.05) is 0 Å². The summed E-state index contributed by atoms with van der Waals surface area (Å²) in [5, 5.41) is 0. The van der Waals surface area contributed by atoms with Crippen molar-refractivity contribution in [2.24, 2.45) is 0 Å². The molecular formula is C11H25O3P. The lowest BCUT2D eigenvalue weighted by molar-refractivity contribution is 0.120. The molecular weight excluding hydrogens is 211 g/mol. The number of hydrogen-bond acceptors (Lipinski definition) is 3. The Morgan fingerprint density at radius 1 is 0.933 bits per heavy atom. The smallest absolute Gasteiger partial charge is 0.305 e. The van der Waals surface area contributed by atoms with E-state index in [4.69, 9.17) is 9.05 Å². The van der Waals surface area contributed by atoms with Gasteiger partial charge in [0.1, 0.15) is 0 Å². The van der Waals surface area contributed by atoms with Gasteiger partial charge in [0, 0.05) is 0 Å². The van der Waals surface area contributed by atoms with Gasteiger partial charge in [-0.05, 0) is 26.7 Å². The first-order valence-electron chi connectivity index (χ1n) is 5.82. The van der Waals surface area contributed by atoms with Gasteiger partial charge in [-0.25, -0.2) is 0 Å². The Hall–Kier alpha value is 0.150. The molecule has 0 aliphatic heterocycles. The normalized spacial score (nSPS) is 19.9. The highest BCUT2D eigenvalue weighted by atomic mass is 31.2. The predicted octanol–water partition coefficient (Wildman–Crippen LogP) is 4.22. The minimum atomic E-state index is -2.94. The van der Waals surface area contributed by atoms with Crippen molar-refractivity contribution in [1.82, 2.24) is 0 Å². The van der Waals surface area contributed by atoms with E-state index in [1.165, 1.54) is 0 Å². The van der Waals surface area contributed by atoms with E-state index in [9.17, 15) is 4.57 Å². The van der Waals surface area contributed by atoms with Crippen LogP contribution in [0.2, 0.25) is 0 Å². The minimum Gasteiger partial charge on any atom is -0.305 e. The summed E-state index contributed by atoms with van der Waals surface area (Å²) in [6, 6.07) is 0. The van der Waals surface area contributed by atoms with E-state index in [-0.39, 0.29) is 17.9 Å². The van der Waals surface area contributed by atoms with E-state index in [1.807, 2.05) is 41.5 Å². The van der Waals surface area contributed by atoms with Gasteiger partial charge in [-0.15, -0.1) is 0 Å². The molecule has 0 aliphatic rings. The summed E-state index contributed by atoms with van der Waals surface area (Å²) >= 11 is 0. The fourth-order valence-electron chi connectivity index (χ4n) is 0.919. The van der Waals surface area contributed by atoms with Crippen LogP contribution >= 0.6 is 7.60 Å². The predicted molar refractivity (Wildman–Crippen MR) is 64.4 cm³/mol. The third-order valence-electron chi connectivity index (χ3n) is 2.44. The summed E-state index contributed by atoms with van der Waals surface area (Å²) in [6.07, 6.45) is 1.67. The van der Waals surface area contributed by atoms with Crippen molar-refractivity contribution < 1.29 is 13.6 Å². The fraction of sp³-hybridized carbons (Fsp3) is 1.00. The zero-order chi connectivity index (χ0) is 12.1. The van der Waals surface area contributed by atoms with E-state index in [1.54, 1.807) is 0 Å². The fourth-order valence-corrected chi connectivity index (χ4v) is 2.76. The van der Waals surface area contributed by atoms with Crippen LogP contribution in [0.1, 0.15) is 54.4 Å². The quantitative estimate of drug-likeness (QED) is 0.621. The molecule has 0 saturated carbocycles. The lowest BCUT2D eigenvalue weighted by Crippen LogP contribution is -2.16. The molecule has 4 heteroatoms. The average molecular weight is 236 g/mol. The first-order chi connectivity index (χ1) is 6.85. The van der Waals surface area contributed by atoms with Crippen LogP contribution in [0.3, 0.4) is 0 Å². The lowest BCUT2D eigenvalue weighted by Gasteiger charge is -2.27. The summed E-state index contributed by atoms with van der Waals surface area (Å²) in [4.78, 5) is 0. The maximum atomic E-state index is 12.4. The van der Waals surface area contributed by atoms with Crippen LogP contribution in [0.15, 0.2) is 0 Å². The number of rotatable bonds is 7. The molecule has 0 spiro atoms. The zero-order valence-electron chi connectivity index (χ0n) is 10.8. The highest BCUT2D eigenvalue weighted by Gasteiger charge is 2.32. The van der Waals surface area contributed by atoms with Gasteiger partial charge in [0.2, 0.25) is 0 Å². The molecule has 0 aromatic heterocycles. The molecule has 2 atom stereocenters. The summed E-state index contributed by atoms with van der Waals surface area (Å²) in [5.74, 6) is 0. The molecule has 3 nitrogen and oxygen atoms in total. The molecule has 0 aromatic carbocycles. The summed E-state index contributed by atoms with van der Waals surface area (Å²) in [7, 11) is -2.94. The second-order valence-electron chi connectivity index (χ2n) is 4.28. The largest absolute Gasteiger partial charge is 0.333 e. The second kappa shape index (κ2) is 6.67. The van der Waals surface area contributed by atoms with Crippen LogP contribution in [0.4, 0.5) is 0 Å². The maximum Gasteiger partial charge on any atom is 0.333 e. The highest BCUT2D eigenvalue weighted by molar-refractivity contribution is 7.54. The second-order valence-corrected chi connectivity index (χ2v) is 6.82. The van der Waals surface area contributed by atoms with Crippen LogP contribution in [-0.4, -0.2) is 17.9 Å². The molecule has 0 amide bonds. The molecule has 2 unspecified atom stereocenters. The van der Waals surface area contributed by atoms with Gasteiger partial charge < -0.3 is 9.05 Å². The average Bonchev–Trinajstić information content (AvgIpc) is 2.16. The monoisotopic (exact) mass is 236 g/mol. The molecule has 0 bridgehead atoms. The summed E-state index contributed by atoms with van der Waals surface area (Å²) < 4.78 is 23.5. The Bertz CT molecular complexity index is 200. The maximum absolute atomic E-state index is 12.4. The van der Waals surface area contributed by atoms with Gasteiger partial charge in [-0.3, -0.25) is 4.57 Å². The topological polar surface area (TPSA) is 35.5 Å². The van der Waals surface area contributed by atoms with Gasteiger partial charge in [-0.1, -0.05) is 27.7 Å². The molecule has 0 N–H and O–H groups in total. The Morgan fingerprint density at radius 3 is 1.47 bits per heavy atom. The van der Waals surface area contributed by atoms with Crippen molar-refractivity contribution >= 4 is 7.60 Å². The molecule has 92 valence electrons.